The third-order valence-electron chi connectivity index (χ3n) is 3.75. The Labute approximate surface area is 125 Å². The largest absolute Gasteiger partial charge is 0.304 e. The molecular formula is C15H24N4S. The Morgan fingerprint density at radius 3 is 2.40 bits per heavy atom. The minimum atomic E-state index is 0.151. The predicted molar refractivity (Wildman–Crippen MR) is 84.4 cm³/mol. The topological polar surface area (TPSA) is 42.7 Å². The lowest BCUT2D eigenvalue weighted by atomic mass is 10.1. The number of nitrogens with zero attached hydrogens (tertiary/aromatic N) is 3. The lowest BCUT2D eigenvalue weighted by molar-refractivity contribution is 0.618. The first kappa shape index (κ1) is 15.2. The Bertz CT molecular complexity index is 597. The molecule has 0 bridgehead atoms. The summed E-state index contributed by atoms with van der Waals surface area (Å²) in [6, 6.07) is 0.151. The fourth-order valence-electron chi connectivity index (χ4n) is 2.63. The summed E-state index contributed by atoms with van der Waals surface area (Å²) in [4.78, 5) is 6.16. The maximum atomic E-state index is 4.83. The van der Waals surface area contributed by atoms with Crippen LogP contribution in [0.1, 0.15) is 52.4 Å². The molecule has 2 aromatic rings. The van der Waals surface area contributed by atoms with E-state index in [1.165, 1.54) is 21.8 Å². The van der Waals surface area contributed by atoms with Crippen molar-refractivity contribution in [3.8, 4) is 0 Å². The van der Waals surface area contributed by atoms with Crippen molar-refractivity contribution in [3.05, 3.63) is 32.5 Å². The predicted octanol–water partition coefficient (Wildman–Crippen LogP) is 3.06. The fraction of sp³-hybridized carbons (Fsp3) is 0.600. The highest BCUT2D eigenvalue weighted by molar-refractivity contribution is 7.11. The van der Waals surface area contributed by atoms with Crippen LogP contribution in [0, 0.1) is 20.8 Å². The van der Waals surface area contributed by atoms with Gasteiger partial charge in [0.2, 0.25) is 0 Å². The molecule has 20 heavy (non-hydrogen) atoms. The number of thiazole rings is 1. The molecule has 2 heterocycles. The van der Waals surface area contributed by atoms with Crippen LogP contribution >= 0.6 is 11.3 Å². The third kappa shape index (κ3) is 2.65. The minimum Gasteiger partial charge on any atom is -0.304 e. The number of aryl methyl sites for hydroxylation is 4. The molecule has 0 aliphatic heterocycles. The van der Waals surface area contributed by atoms with E-state index in [9.17, 15) is 0 Å². The summed E-state index contributed by atoms with van der Waals surface area (Å²) in [5, 5.41) is 9.26. The molecule has 0 saturated heterocycles. The first-order chi connectivity index (χ1) is 9.49. The van der Waals surface area contributed by atoms with Crippen molar-refractivity contribution in [2.24, 2.45) is 7.05 Å². The molecule has 4 nitrogen and oxygen atoms in total. The summed E-state index contributed by atoms with van der Waals surface area (Å²) in [6.45, 7) is 11.6. The molecular weight excluding hydrogens is 268 g/mol. The summed E-state index contributed by atoms with van der Waals surface area (Å²) < 4.78 is 1.95. The highest BCUT2D eigenvalue weighted by atomic mass is 32.1. The van der Waals surface area contributed by atoms with E-state index in [0.29, 0.717) is 0 Å². The second-order valence-electron chi connectivity index (χ2n) is 5.11. The van der Waals surface area contributed by atoms with Gasteiger partial charge in [-0.2, -0.15) is 5.10 Å². The van der Waals surface area contributed by atoms with Crippen molar-refractivity contribution in [2.45, 2.75) is 47.1 Å². The molecule has 0 radical (unpaired) electrons. The van der Waals surface area contributed by atoms with Gasteiger partial charge in [-0.1, -0.05) is 13.8 Å². The van der Waals surface area contributed by atoms with Crippen molar-refractivity contribution >= 4 is 11.3 Å². The molecule has 0 saturated carbocycles. The highest BCUT2D eigenvalue weighted by Crippen LogP contribution is 2.31. The van der Waals surface area contributed by atoms with Crippen LogP contribution < -0.4 is 5.32 Å². The summed E-state index contributed by atoms with van der Waals surface area (Å²) in [5.41, 5.74) is 4.78. The van der Waals surface area contributed by atoms with Gasteiger partial charge in [0.05, 0.1) is 17.4 Å². The lowest BCUT2D eigenvalue weighted by Crippen LogP contribution is -2.23. The van der Waals surface area contributed by atoms with Crippen LogP contribution in [-0.4, -0.2) is 21.3 Å². The van der Waals surface area contributed by atoms with Crippen molar-refractivity contribution < 1.29 is 0 Å². The monoisotopic (exact) mass is 292 g/mol. The van der Waals surface area contributed by atoms with Crippen LogP contribution in [0.4, 0.5) is 0 Å². The van der Waals surface area contributed by atoms with Gasteiger partial charge in [0.15, 0.2) is 0 Å². The fourth-order valence-corrected chi connectivity index (χ4v) is 3.72. The Kier molecular flexibility index (Phi) is 4.60. The molecule has 0 spiro atoms. The molecule has 0 fully saturated rings. The van der Waals surface area contributed by atoms with Crippen LogP contribution in [0.25, 0.3) is 0 Å². The van der Waals surface area contributed by atoms with E-state index in [2.05, 4.69) is 45.0 Å². The molecule has 110 valence electrons. The van der Waals surface area contributed by atoms with Gasteiger partial charge >= 0.3 is 0 Å². The SMILES string of the molecule is CCNC(c1nc(CC)c(C)s1)c1c(C)nn(C)c1C. The molecule has 5 heteroatoms. The first-order valence-electron chi connectivity index (χ1n) is 7.19. The first-order valence-corrected chi connectivity index (χ1v) is 8.00. The second kappa shape index (κ2) is 6.06. The average molecular weight is 292 g/mol. The number of hydrogen-bond acceptors (Lipinski definition) is 4. The molecule has 1 atom stereocenters. The highest BCUT2D eigenvalue weighted by Gasteiger charge is 2.24. The molecule has 1 unspecified atom stereocenters. The summed E-state index contributed by atoms with van der Waals surface area (Å²) in [6.07, 6.45) is 0.992. The van der Waals surface area contributed by atoms with Gasteiger partial charge < -0.3 is 5.32 Å². The maximum Gasteiger partial charge on any atom is 0.115 e. The van der Waals surface area contributed by atoms with Gasteiger partial charge in [0, 0.05) is 23.2 Å². The average Bonchev–Trinajstić information content (AvgIpc) is 2.89. The van der Waals surface area contributed by atoms with Crippen molar-refractivity contribution in [1.82, 2.24) is 20.1 Å². The zero-order valence-corrected chi connectivity index (χ0v) is 14.1. The van der Waals surface area contributed by atoms with Gasteiger partial charge in [0.25, 0.3) is 0 Å². The van der Waals surface area contributed by atoms with Crippen molar-refractivity contribution in [3.63, 3.8) is 0 Å². The van der Waals surface area contributed by atoms with E-state index in [1.54, 1.807) is 11.3 Å². The number of nitrogens with one attached hydrogen (secondary N) is 1. The number of hydrogen-bond donors (Lipinski definition) is 1. The molecule has 2 rings (SSSR count). The number of aromatic nitrogens is 3. The maximum absolute atomic E-state index is 4.83. The zero-order valence-electron chi connectivity index (χ0n) is 13.2. The van der Waals surface area contributed by atoms with Crippen LogP contribution in [0.2, 0.25) is 0 Å². The smallest absolute Gasteiger partial charge is 0.115 e. The normalized spacial score (nSPS) is 12.9. The number of rotatable bonds is 5. The van der Waals surface area contributed by atoms with Gasteiger partial charge in [-0.3, -0.25) is 4.68 Å². The summed E-state index contributed by atoms with van der Waals surface area (Å²) >= 11 is 1.80. The second-order valence-corrected chi connectivity index (χ2v) is 6.34. The summed E-state index contributed by atoms with van der Waals surface area (Å²) in [7, 11) is 2.00. The molecule has 0 aliphatic carbocycles. The van der Waals surface area contributed by atoms with E-state index in [0.717, 1.165) is 23.7 Å². The van der Waals surface area contributed by atoms with E-state index >= 15 is 0 Å². The standard InChI is InChI=1S/C15H24N4S/c1-7-12-11(5)20-15(17-12)14(16-8-2)13-9(3)18-19(6)10(13)4/h14,16H,7-8H2,1-6H3. The molecule has 0 amide bonds. The Morgan fingerprint density at radius 2 is 1.95 bits per heavy atom. The third-order valence-corrected chi connectivity index (χ3v) is 4.83. The van der Waals surface area contributed by atoms with Crippen molar-refractivity contribution in [2.75, 3.05) is 6.54 Å². The Hall–Kier alpha value is -1.20. The van der Waals surface area contributed by atoms with Gasteiger partial charge in [-0.05, 0) is 33.7 Å². The zero-order chi connectivity index (χ0) is 14.9. The summed E-state index contributed by atoms with van der Waals surface area (Å²) in [5.74, 6) is 0. The van der Waals surface area contributed by atoms with Crippen molar-refractivity contribution in [1.29, 1.82) is 0 Å². The molecule has 2 aromatic heterocycles. The van der Waals surface area contributed by atoms with E-state index in [1.807, 2.05) is 11.7 Å². The van der Waals surface area contributed by atoms with E-state index in [-0.39, 0.29) is 6.04 Å². The minimum absolute atomic E-state index is 0.151. The Balaban J connectivity index is 2.50. The van der Waals surface area contributed by atoms with Crippen LogP contribution in [0.15, 0.2) is 0 Å². The van der Waals surface area contributed by atoms with Crippen LogP contribution in [-0.2, 0) is 13.5 Å². The Morgan fingerprint density at radius 1 is 1.25 bits per heavy atom. The lowest BCUT2D eigenvalue weighted by Gasteiger charge is -2.16. The molecule has 1 N–H and O–H groups in total. The molecule has 0 aromatic carbocycles. The van der Waals surface area contributed by atoms with Gasteiger partial charge in [-0.25, -0.2) is 4.98 Å². The van der Waals surface area contributed by atoms with Crippen LogP contribution in [0.5, 0.6) is 0 Å². The van der Waals surface area contributed by atoms with Gasteiger partial charge in [-0.15, -0.1) is 11.3 Å². The van der Waals surface area contributed by atoms with Crippen LogP contribution in [0.3, 0.4) is 0 Å². The van der Waals surface area contributed by atoms with E-state index in [4.69, 9.17) is 4.98 Å². The quantitative estimate of drug-likeness (QED) is 0.921. The van der Waals surface area contributed by atoms with Gasteiger partial charge in [0.1, 0.15) is 5.01 Å². The molecule has 0 aliphatic rings. The van der Waals surface area contributed by atoms with E-state index < -0.39 is 0 Å².